The van der Waals surface area contributed by atoms with Gasteiger partial charge in [-0.2, -0.15) is 0 Å². The van der Waals surface area contributed by atoms with Crippen LogP contribution in [0.1, 0.15) is 22.3 Å². The highest BCUT2D eigenvalue weighted by molar-refractivity contribution is 6.19. The standard InChI is InChI=1S/C49H31NO/c1-4-16-32(17-5-1)33-28-29-42-39(30-33)46-43(49(42)40-25-13-10-22-36(40)37-23-11-14-26-41(37)49)31-45-47(38-24-12-15-27-44(38)51-45)48(46)50(34-18-6-2-7-19-34)35-20-8-3-9-21-35/h1-31H. The minimum atomic E-state index is -0.534. The maximum absolute atomic E-state index is 6.88. The summed E-state index contributed by atoms with van der Waals surface area (Å²) in [6.07, 6.45) is 0. The van der Waals surface area contributed by atoms with E-state index in [9.17, 15) is 0 Å². The van der Waals surface area contributed by atoms with Gasteiger partial charge in [0.05, 0.1) is 16.5 Å². The maximum Gasteiger partial charge on any atom is 0.137 e. The van der Waals surface area contributed by atoms with Crippen molar-refractivity contribution in [1.29, 1.82) is 0 Å². The SMILES string of the molecule is c1ccc(-c2ccc3c(c2)-c2c(cc4oc5ccccc5c4c2N(c2ccccc2)c2ccccc2)C32c3ccccc3-c3ccccc32)cc1. The monoisotopic (exact) mass is 649 g/mol. The molecule has 0 radical (unpaired) electrons. The Hall–Kier alpha value is -6.64. The molecule has 0 aliphatic heterocycles. The van der Waals surface area contributed by atoms with Crippen LogP contribution in [0, 0.1) is 0 Å². The second-order valence-electron chi connectivity index (χ2n) is 13.6. The molecule has 0 amide bonds. The van der Waals surface area contributed by atoms with Crippen LogP contribution in [0.3, 0.4) is 0 Å². The van der Waals surface area contributed by atoms with Crippen LogP contribution in [0.4, 0.5) is 17.1 Å². The van der Waals surface area contributed by atoms with Gasteiger partial charge in [-0.3, -0.25) is 0 Å². The predicted octanol–water partition coefficient (Wildman–Crippen LogP) is 13.1. The number of hydrogen-bond donors (Lipinski definition) is 0. The van der Waals surface area contributed by atoms with Gasteiger partial charge in [0.15, 0.2) is 0 Å². The van der Waals surface area contributed by atoms with Gasteiger partial charge in [0.2, 0.25) is 0 Å². The molecule has 8 aromatic carbocycles. The number of para-hydroxylation sites is 3. The van der Waals surface area contributed by atoms with Crippen molar-refractivity contribution in [3.63, 3.8) is 0 Å². The first-order valence-corrected chi connectivity index (χ1v) is 17.6. The Kier molecular flexibility index (Phi) is 5.91. The molecular formula is C49H31NO. The molecule has 1 heterocycles. The van der Waals surface area contributed by atoms with E-state index in [0.29, 0.717) is 0 Å². The van der Waals surface area contributed by atoms with E-state index < -0.39 is 5.41 Å². The summed E-state index contributed by atoms with van der Waals surface area (Å²) in [7, 11) is 0. The Balaban J connectivity index is 1.38. The van der Waals surface area contributed by atoms with Crippen molar-refractivity contribution in [2.24, 2.45) is 0 Å². The summed E-state index contributed by atoms with van der Waals surface area (Å²) in [4.78, 5) is 2.45. The molecule has 0 N–H and O–H groups in total. The van der Waals surface area contributed by atoms with Crippen LogP contribution in [0.2, 0.25) is 0 Å². The third-order valence-corrected chi connectivity index (χ3v) is 11.0. The van der Waals surface area contributed by atoms with Gasteiger partial charge in [-0.25, -0.2) is 0 Å². The zero-order chi connectivity index (χ0) is 33.5. The number of rotatable bonds is 4. The number of fused-ring (bicyclic) bond motifs is 13. The maximum atomic E-state index is 6.88. The summed E-state index contributed by atoms with van der Waals surface area (Å²) in [6.45, 7) is 0. The van der Waals surface area contributed by atoms with Gasteiger partial charge >= 0.3 is 0 Å². The molecule has 1 spiro atoms. The topological polar surface area (TPSA) is 16.4 Å². The van der Waals surface area contributed by atoms with Crippen molar-refractivity contribution in [2.75, 3.05) is 4.90 Å². The molecular weight excluding hydrogens is 619 g/mol. The van der Waals surface area contributed by atoms with Gasteiger partial charge in [-0.05, 0) is 92.5 Å². The molecule has 51 heavy (non-hydrogen) atoms. The summed E-state index contributed by atoms with van der Waals surface area (Å²) in [5, 5.41) is 2.22. The van der Waals surface area contributed by atoms with Crippen molar-refractivity contribution in [1.82, 2.24) is 0 Å². The highest BCUT2D eigenvalue weighted by Gasteiger charge is 2.53. The van der Waals surface area contributed by atoms with E-state index in [1.54, 1.807) is 0 Å². The van der Waals surface area contributed by atoms with E-state index in [1.165, 1.54) is 55.6 Å². The normalized spacial score (nSPS) is 13.3. The van der Waals surface area contributed by atoms with E-state index in [0.717, 1.165) is 39.0 Å². The summed E-state index contributed by atoms with van der Waals surface area (Å²) in [6, 6.07) is 68.3. The number of hydrogen-bond acceptors (Lipinski definition) is 2. The quantitative estimate of drug-likeness (QED) is 0.189. The van der Waals surface area contributed by atoms with Gasteiger partial charge in [0.1, 0.15) is 11.2 Å². The Morgan fingerprint density at radius 2 is 0.941 bits per heavy atom. The first kappa shape index (κ1) is 28.2. The lowest BCUT2D eigenvalue weighted by Crippen LogP contribution is -2.26. The fourth-order valence-electron chi connectivity index (χ4n) is 9.07. The summed E-state index contributed by atoms with van der Waals surface area (Å²) in [5.74, 6) is 0. The fourth-order valence-corrected chi connectivity index (χ4v) is 9.07. The average Bonchev–Trinajstić information content (AvgIpc) is 3.82. The van der Waals surface area contributed by atoms with Crippen molar-refractivity contribution < 1.29 is 4.42 Å². The predicted molar refractivity (Wildman–Crippen MR) is 210 cm³/mol. The molecule has 2 heteroatoms. The second kappa shape index (κ2) is 10.7. The molecule has 0 bridgehead atoms. The first-order valence-electron chi connectivity index (χ1n) is 17.6. The van der Waals surface area contributed by atoms with E-state index >= 15 is 0 Å². The van der Waals surface area contributed by atoms with Crippen LogP contribution in [0.5, 0.6) is 0 Å². The summed E-state index contributed by atoms with van der Waals surface area (Å²) >= 11 is 0. The molecule has 0 unspecified atom stereocenters. The largest absolute Gasteiger partial charge is 0.456 e. The Morgan fingerprint density at radius 3 is 1.61 bits per heavy atom. The highest BCUT2D eigenvalue weighted by Crippen LogP contribution is 2.66. The zero-order valence-corrected chi connectivity index (χ0v) is 27.8. The van der Waals surface area contributed by atoms with Gasteiger partial charge in [0, 0.05) is 22.3 Å². The van der Waals surface area contributed by atoms with E-state index in [4.69, 9.17) is 4.42 Å². The lowest BCUT2D eigenvalue weighted by Gasteiger charge is -2.32. The van der Waals surface area contributed by atoms with Crippen LogP contribution in [-0.2, 0) is 5.41 Å². The van der Waals surface area contributed by atoms with Crippen molar-refractivity contribution in [2.45, 2.75) is 5.41 Å². The molecule has 238 valence electrons. The number of nitrogens with zero attached hydrogens (tertiary/aromatic N) is 1. The van der Waals surface area contributed by atoms with Gasteiger partial charge in [-0.1, -0.05) is 146 Å². The molecule has 9 aromatic rings. The fraction of sp³-hybridized carbons (Fsp3) is 0.0204. The average molecular weight is 650 g/mol. The Morgan fingerprint density at radius 1 is 0.392 bits per heavy atom. The first-order chi connectivity index (χ1) is 25.3. The van der Waals surface area contributed by atoms with E-state index in [2.05, 4.69) is 193 Å². The minimum Gasteiger partial charge on any atom is -0.456 e. The van der Waals surface area contributed by atoms with Crippen LogP contribution in [0.25, 0.3) is 55.3 Å². The van der Waals surface area contributed by atoms with Crippen LogP contribution < -0.4 is 4.90 Å². The van der Waals surface area contributed by atoms with Crippen LogP contribution in [0.15, 0.2) is 192 Å². The zero-order valence-electron chi connectivity index (χ0n) is 27.8. The second-order valence-corrected chi connectivity index (χ2v) is 13.6. The van der Waals surface area contributed by atoms with E-state index in [1.807, 2.05) is 0 Å². The van der Waals surface area contributed by atoms with Crippen LogP contribution in [-0.4, -0.2) is 0 Å². The third kappa shape index (κ3) is 3.82. The Labute approximate surface area is 296 Å². The number of benzene rings is 8. The van der Waals surface area contributed by atoms with Gasteiger partial charge < -0.3 is 9.32 Å². The smallest absolute Gasteiger partial charge is 0.137 e. The lowest BCUT2D eigenvalue weighted by atomic mass is 9.70. The minimum absolute atomic E-state index is 0.534. The van der Waals surface area contributed by atoms with Crippen molar-refractivity contribution in [3.8, 4) is 33.4 Å². The molecule has 2 aliphatic rings. The number of furan rings is 1. The molecule has 11 rings (SSSR count). The molecule has 2 aliphatic carbocycles. The molecule has 0 fully saturated rings. The lowest BCUT2D eigenvalue weighted by molar-refractivity contribution is 0.666. The molecule has 0 saturated carbocycles. The molecule has 0 atom stereocenters. The van der Waals surface area contributed by atoms with Gasteiger partial charge in [-0.15, -0.1) is 0 Å². The van der Waals surface area contributed by atoms with Crippen molar-refractivity contribution >= 4 is 39.0 Å². The molecule has 2 nitrogen and oxygen atoms in total. The third-order valence-electron chi connectivity index (χ3n) is 11.0. The molecule has 0 saturated heterocycles. The van der Waals surface area contributed by atoms with Crippen molar-refractivity contribution in [3.05, 3.63) is 210 Å². The van der Waals surface area contributed by atoms with Crippen LogP contribution >= 0.6 is 0 Å². The summed E-state index contributed by atoms with van der Waals surface area (Å²) < 4.78 is 6.88. The van der Waals surface area contributed by atoms with Gasteiger partial charge in [0.25, 0.3) is 0 Å². The molecule has 1 aromatic heterocycles. The Bertz CT molecular complexity index is 2710. The van der Waals surface area contributed by atoms with E-state index in [-0.39, 0.29) is 0 Å². The summed E-state index contributed by atoms with van der Waals surface area (Å²) in [5.41, 5.74) is 17.2. The number of anilines is 3. The highest BCUT2D eigenvalue weighted by atomic mass is 16.3.